The predicted octanol–water partition coefficient (Wildman–Crippen LogP) is 1.54. The fraction of sp³-hybridized carbons (Fsp3) is 0.111. The largest absolute Gasteiger partial charge is 0.350 e. The van der Waals surface area contributed by atoms with Crippen LogP contribution in [0, 0.1) is 0 Å². The van der Waals surface area contributed by atoms with Crippen molar-refractivity contribution in [3.05, 3.63) is 76.2 Å². The maximum Gasteiger partial charge on any atom is 0.281 e. The number of aromatic amines is 1. The summed E-state index contributed by atoms with van der Waals surface area (Å²) in [6.45, 7) is 0.472. The number of hydrogen-bond donors (Lipinski definition) is 2. The topological polar surface area (TPSA) is 92.2 Å². The van der Waals surface area contributed by atoms with Crippen LogP contribution in [0.1, 0.15) is 16.1 Å². The van der Waals surface area contributed by atoms with Gasteiger partial charge in [0.1, 0.15) is 0 Å². The number of amides is 1. The molecule has 2 N–H and O–H groups in total. The average molecular weight is 333 g/mol. The van der Waals surface area contributed by atoms with E-state index in [1.807, 2.05) is 36.4 Å². The van der Waals surface area contributed by atoms with Crippen LogP contribution in [-0.4, -0.2) is 32.3 Å². The Morgan fingerprint density at radius 3 is 2.68 bits per heavy atom. The van der Waals surface area contributed by atoms with Gasteiger partial charge in [-0.15, -0.1) is 5.10 Å². The van der Waals surface area contributed by atoms with Gasteiger partial charge in [-0.3, -0.25) is 9.59 Å². The van der Waals surface area contributed by atoms with E-state index in [0.29, 0.717) is 23.9 Å². The summed E-state index contributed by atoms with van der Waals surface area (Å²) in [7, 11) is 0. The van der Waals surface area contributed by atoms with Crippen LogP contribution in [0.15, 0.2) is 59.4 Å². The molecule has 0 aliphatic heterocycles. The lowest BCUT2D eigenvalue weighted by atomic mass is 10.1. The van der Waals surface area contributed by atoms with Gasteiger partial charge < -0.3 is 5.32 Å². The maximum absolute atomic E-state index is 12.4. The monoisotopic (exact) mass is 333 g/mol. The van der Waals surface area contributed by atoms with Crippen molar-refractivity contribution in [2.75, 3.05) is 6.54 Å². The van der Waals surface area contributed by atoms with Crippen LogP contribution < -0.4 is 10.9 Å². The molecule has 0 aliphatic rings. The van der Waals surface area contributed by atoms with Crippen molar-refractivity contribution < 1.29 is 4.79 Å². The number of hydrogen-bond acceptors (Lipinski definition) is 4. The summed E-state index contributed by atoms with van der Waals surface area (Å²) in [6.07, 6.45) is 0.714. The van der Waals surface area contributed by atoms with Crippen molar-refractivity contribution in [3.8, 4) is 0 Å². The Balaban J connectivity index is 1.61. The second-order valence-corrected chi connectivity index (χ2v) is 5.65. The first kappa shape index (κ1) is 15.1. The molecule has 1 amide bonds. The number of carbonyl (C=O) groups excluding carboxylic acids is 1. The molecule has 7 heteroatoms. The number of nitrogens with zero attached hydrogens (tertiary/aromatic N) is 3. The Labute approximate surface area is 142 Å². The van der Waals surface area contributed by atoms with E-state index in [4.69, 9.17) is 0 Å². The number of rotatable bonds is 4. The lowest BCUT2D eigenvalue weighted by Crippen LogP contribution is -2.26. The van der Waals surface area contributed by atoms with Crippen molar-refractivity contribution in [2.45, 2.75) is 6.42 Å². The minimum Gasteiger partial charge on any atom is -0.350 e. The van der Waals surface area contributed by atoms with E-state index < -0.39 is 0 Å². The first-order valence-electron chi connectivity index (χ1n) is 7.92. The summed E-state index contributed by atoms with van der Waals surface area (Å²) in [6, 6.07) is 16.9. The summed E-state index contributed by atoms with van der Waals surface area (Å²) in [4.78, 5) is 28.6. The molecule has 7 nitrogen and oxygen atoms in total. The third-order valence-corrected chi connectivity index (χ3v) is 4.03. The van der Waals surface area contributed by atoms with E-state index in [1.54, 1.807) is 22.7 Å². The highest BCUT2D eigenvalue weighted by Gasteiger charge is 2.17. The Morgan fingerprint density at radius 1 is 1.08 bits per heavy atom. The van der Waals surface area contributed by atoms with Gasteiger partial charge >= 0.3 is 0 Å². The maximum atomic E-state index is 12.4. The molecule has 4 rings (SSSR count). The van der Waals surface area contributed by atoms with Crippen LogP contribution in [0.2, 0.25) is 0 Å². The average Bonchev–Trinajstić information content (AvgIpc) is 3.07. The molecule has 0 aliphatic carbocycles. The minimum atomic E-state index is -0.379. The highest BCUT2D eigenvalue weighted by Crippen LogP contribution is 2.12. The van der Waals surface area contributed by atoms with Crippen LogP contribution in [0.3, 0.4) is 0 Å². The summed E-state index contributed by atoms with van der Waals surface area (Å²) in [5, 5.41) is 10.1. The van der Waals surface area contributed by atoms with Crippen LogP contribution >= 0.6 is 0 Å². The van der Waals surface area contributed by atoms with Crippen molar-refractivity contribution in [1.29, 1.82) is 0 Å². The van der Waals surface area contributed by atoms with E-state index in [0.717, 1.165) is 5.56 Å². The first-order valence-corrected chi connectivity index (χ1v) is 7.92. The lowest BCUT2D eigenvalue weighted by molar-refractivity contribution is 0.0950. The number of benzene rings is 2. The highest BCUT2D eigenvalue weighted by molar-refractivity contribution is 5.98. The Hall–Kier alpha value is -3.48. The molecule has 2 aromatic carbocycles. The van der Waals surface area contributed by atoms with Gasteiger partial charge in [0.2, 0.25) is 0 Å². The molecular formula is C18H15N5O2. The fourth-order valence-electron chi connectivity index (χ4n) is 2.78. The molecule has 25 heavy (non-hydrogen) atoms. The second kappa shape index (κ2) is 6.20. The predicted molar refractivity (Wildman–Crippen MR) is 93.6 cm³/mol. The van der Waals surface area contributed by atoms with Gasteiger partial charge in [-0.2, -0.15) is 4.98 Å². The van der Waals surface area contributed by atoms with Crippen LogP contribution in [0.4, 0.5) is 0 Å². The summed E-state index contributed by atoms with van der Waals surface area (Å²) < 4.78 is 1.54. The molecule has 0 radical (unpaired) electrons. The third kappa shape index (κ3) is 2.76. The number of H-pyrrole nitrogens is 1. The molecule has 124 valence electrons. The second-order valence-electron chi connectivity index (χ2n) is 5.65. The normalized spacial score (nSPS) is 11.0. The summed E-state index contributed by atoms with van der Waals surface area (Å²) in [5.41, 5.74) is 1.72. The number of fused-ring (bicyclic) bond motifs is 3. The van der Waals surface area contributed by atoms with Gasteiger partial charge in [0, 0.05) is 6.54 Å². The fourth-order valence-corrected chi connectivity index (χ4v) is 2.78. The van der Waals surface area contributed by atoms with E-state index in [2.05, 4.69) is 20.6 Å². The molecule has 0 fully saturated rings. The van der Waals surface area contributed by atoms with Gasteiger partial charge in [-0.25, -0.2) is 9.73 Å². The molecule has 0 saturated carbocycles. The summed E-state index contributed by atoms with van der Waals surface area (Å²) in [5.74, 6) is -0.364. The van der Waals surface area contributed by atoms with Crippen LogP contribution in [-0.2, 0) is 6.42 Å². The van der Waals surface area contributed by atoms with E-state index in [9.17, 15) is 9.59 Å². The van der Waals surface area contributed by atoms with Crippen molar-refractivity contribution in [2.24, 2.45) is 0 Å². The molecule has 0 spiro atoms. The molecule has 0 saturated heterocycles. The SMILES string of the molecule is O=C(NCCc1ccccc1)c1n[nH]n2c1nc(=O)c1ccccc12. The Bertz CT molecular complexity index is 1110. The third-order valence-electron chi connectivity index (χ3n) is 4.03. The van der Waals surface area contributed by atoms with E-state index in [-0.39, 0.29) is 22.8 Å². The number of aromatic nitrogens is 4. The minimum absolute atomic E-state index is 0.107. The molecule has 0 bridgehead atoms. The first-order chi connectivity index (χ1) is 12.2. The zero-order valence-corrected chi connectivity index (χ0v) is 13.3. The Morgan fingerprint density at radius 2 is 1.84 bits per heavy atom. The molecule has 2 heterocycles. The van der Waals surface area contributed by atoms with Gasteiger partial charge in [-0.1, -0.05) is 42.5 Å². The smallest absolute Gasteiger partial charge is 0.281 e. The highest BCUT2D eigenvalue weighted by atomic mass is 16.2. The van der Waals surface area contributed by atoms with E-state index >= 15 is 0 Å². The van der Waals surface area contributed by atoms with Crippen LogP contribution in [0.5, 0.6) is 0 Å². The van der Waals surface area contributed by atoms with Crippen molar-refractivity contribution >= 4 is 22.5 Å². The molecule has 0 atom stereocenters. The standard InChI is InChI=1S/C18H15N5O2/c24-17-13-8-4-5-9-14(13)23-16(20-17)15(21-22-23)18(25)19-11-10-12-6-2-1-3-7-12/h1-9,22H,10-11H2,(H,19,25). The van der Waals surface area contributed by atoms with Gasteiger partial charge in [0.05, 0.1) is 10.9 Å². The quantitative estimate of drug-likeness (QED) is 0.592. The number of carbonyl (C=O) groups is 1. The van der Waals surface area contributed by atoms with Crippen molar-refractivity contribution in [3.63, 3.8) is 0 Å². The molecule has 2 aromatic heterocycles. The molecule has 0 unspecified atom stereocenters. The van der Waals surface area contributed by atoms with E-state index in [1.165, 1.54) is 0 Å². The number of nitrogens with one attached hydrogen (secondary N) is 2. The molecular weight excluding hydrogens is 318 g/mol. The zero-order valence-electron chi connectivity index (χ0n) is 13.3. The Kier molecular flexibility index (Phi) is 3.74. The van der Waals surface area contributed by atoms with Gasteiger partial charge in [0.15, 0.2) is 11.3 Å². The zero-order chi connectivity index (χ0) is 17.2. The molecule has 4 aromatic rings. The lowest BCUT2D eigenvalue weighted by Gasteiger charge is -2.04. The van der Waals surface area contributed by atoms with Gasteiger partial charge in [-0.05, 0) is 24.1 Å². The number of para-hydroxylation sites is 1. The van der Waals surface area contributed by atoms with Crippen LogP contribution in [0.25, 0.3) is 16.6 Å². The van der Waals surface area contributed by atoms with Crippen molar-refractivity contribution in [1.82, 2.24) is 25.1 Å². The van der Waals surface area contributed by atoms with Gasteiger partial charge in [0.25, 0.3) is 11.5 Å². The summed E-state index contributed by atoms with van der Waals surface area (Å²) >= 11 is 0.